The average Bonchev–Trinajstić information content (AvgIpc) is 2.74. The molecule has 0 bridgehead atoms. The summed E-state index contributed by atoms with van der Waals surface area (Å²) in [7, 11) is 0. The van der Waals surface area contributed by atoms with Gasteiger partial charge < -0.3 is 26.4 Å². The van der Waals surface area contributed by atoms with E-state index < -0.39 is 23.7 Å². The van der Waals surface area contributed by atoms with Crippen molar-refractivity contribution in [2.24, 2.45) is 11.8 Å². The van der Waals surface area contributed by atoms with Gasteiger partial charge in [-0.3, -0.25) is 24.0 Å². The number of aliphatic hydroxyl groups is 1. The topological polar surface area (TPSA) is 154 Å². The SMILES string of the molecule is CCCC(C)C(=O)C(=O)NCC(=O)NC(C)C.CCCC(C)C(O)C(=O)NCC(=O)NC(C)C. The Labute approximate surface area is 204 Å². The minimum absolute atomic E-state index is 0.0223. The molecule has 10 nitrogen and oxygen atoms in total. The van der Waals surface area contributed by atoms with E-state index in [1.165, 1.54) is 0 Å². The zero-order valence-corrected chi connectivity index (χ0v) is 22.1. The second-order valence-electron chi connectivity index (χ2n) is 9.11. The smallest absolute Gasteiger partial charge is 0.288 e. The molecule has 4 amide bonds. The molecule has 0 aromatic heterocycles. The van der Waals surface area contributed by atoms with Crippen LogP contribution in [0, 0.1) is 11.8 Å². The Morgan fingerprint density at radius 2 is 1.15 bits per heavy atom. The Morgan fingerprint density at radius 1 is 0.706 bits per heavy atom. The number of carbonyl (C=O) groups is 5. The molecule has 0 heterocycles. The van der Waals surface area contributed by atoms with Gasteiger partial charge in [0, 0.05) is 18.0 Å². The largest absolute Gasteiger partial charge is 0.383 e. The van der Waals surface area contributed by atoms with Gasteiger partial charge in [-0.25, -0.2) is 0 Å². The molecule has 198 valence electrons. The van der Waals surface area contributed by atoms with Crippen molar-refractivity contribution in [3.8, 4) is 0 Å². The fourth-order valence-electron chi connectivity index (χ4n) is 2.93. The van der Waals surface area contributed by atoms with Crippen molar-refractivity contribution in [1.29, 1.82) is 0 Å². The van der Waals surface area contributed by atoms with E-state index in [9.17, 15) is 29.1 Å². The van der Waals surface area contributed by atoms with Gasteiger partial charge in [0.15, 0.2) is 0 Å². The second kappa shape index (κ2) is 18.9. The maximum absolute atomic E-state index is 11.5. The van der Waals surface area contributed by atoms with Gasteiger partial charge in [0.25, 0.3) is 5.91 Å². The monoisotopic (exact) mass is 486 g/mol. The van der Waals surface area contributed by atoms with Gasteiger partial charge in [0.2, 0.25) is 23.5 Å². The molecule has 0 saturated heterocycles. The van der Waals surface area contributed by atoms with Crippen molar-refractivity contribution in [1.82, 2.24) is 21.3 Å². The standard InChI is InChI=1S/C12H24N2O3.C12H22N2O3/c2*1-5-6-9(4)11(16)12(17)13-7-10(15)14-8(2)3/h8-9,11,16H,5-7H2,1-4H3,(H,13,17)(H,14,15);8-9H,5-7H2,1-4H3,(H,13,17)(H,14,15). The third-order valence-electron chi connectivity index (χ3n) is 4.68. The van der Waals surface area contributed by atoms with Crippen LogP contribution < -0.4 is 21.3 Å². The van der Waals surface area contributed by atoms with E-state index in [4.69, 9.17) is 0 Å². The number of carbonyl (C=O) groups excluding carboxylic acids is 5. The van der Waals surface area contributed by atoms with E-state index in [1.54, 1.807) is 6.92 Å². The van der Waals surface area contributed by atoms with Crippen LogP contribution in [0.25, 0.3) is 0 Å². The molecule has 3 unspecified atom stereocenters. The Morgan fingerprint density at radius 3 is 1.56 bits per heavy atom. The quantitative estimate of drug-likeness (QED) is 0.231. The van der Waals surface area contributed by atoms with Crippen molar-refractivity contribution >= 4 is 29.4 Å². The van der Waals surface area contributed by atoms with Gasteiger partial charge in [0.1, 0.15) is 6.10 Å². The zero-order valence-electron chi connectivity index (χ0n) is 22.1. The molecule has 0 saturated carbocycles. The Bertz CT molecular complexity index is 651. The molecule has 3 atom stereocenters. The predicted octanol–water partition coefficient (Wildman–Crippen LogP) is 1.06. The van der Waals surface area contributed by atoms with E-state index in [-0.39, 0.29) is 48.8 Å². The summed E-state index contributed by atoms with van der Waals surface area (Å²) in [6.45, 7) is 14.6. The molecule has 0 aromatic rings. The van der Waals surface area contributed by atoms with Crippen molar-refractivity contribution in [3.05, 3.63) is 0 Å². The lowest BCUT2D eigenvalue weighted by Gasteiger charge is -2.17. The van der Waals surface area contributed by atoms with E-state index in [2.05, 4.69) is 21.3 Å². The van der Waals surface area contributed by atoms with Crippen LogP contribution in [0.4, 0.5) is 0 Å². The van der Waals surface area contributed by atoms with Crippen LogP contribution >= 0.6 is 0 Å². The maximum atomic E-state index is 11.5. The van der Waals surface area contributed by atoms with Crippen molar-refractivity contribution < 1.29 is 29.1 Å². The first-order chi connectivity index (χ1) is 15.8. The van der Waals surface area contributed by atoms with E-state index in [0.717, 1.165) is 19.3 Å². The van der Waals surface area contributed by atoms with Gasteiger partial charge in [-0.05, 0) is 46.5 Å². The minimum atomic E-state index is -1.04. The van der Waals surface area contributed by atoms with Crippen molar-refractivity contribution in [2.75, 3.05) is 13.1 Å². The van der Waals surface area contributed by atoms with Crippen LogP contribution in [0.1, 0.15) is 81.1 Å². The maximum Gasteiger partial charge on any atom is 0.288 e. The van der Waals surface area contributed by atoms with Crippen LogP contribution in [-0.4, -0.2) is 65.8 Å². The minimum Gasteiger partial charge on any atom is -0.383 e. The number of Topliss-reactive ketones (excluding diaryl/α,β-unsaturated/α-hetero) is 1. The number of amides is 4. The number of aliphatic hydroxyl groups excluding tert-OH is 1. The van der Waals surface area contributed by atoms with E-state index >= 15 is 0 Å². The molecular weight excluding hydrogens is 440 g/mol. The van der Waals surface area contributed by atoms with Gasteiger partial charge in [-0.2, -0.15) is 0 Å². The number of rotatable bonds is 14. The zero-order chi connectivity index (χ0) is 26.8. The number of hydrogen-bond acceptors (Lipinski definition) is 6. The van der Waals surface area contributed by atoms with Crippen molar-refractivity contribution in [2.45, 2.75) is 99.3 Å². The molecule has 0 aliphatic heterocycles. The molecule has 34 heavy (non-hydrogen) atoms. The molecule has 0 radical (unpaired) electrons. The first-order valence-corrected chi connectivity index (χ1v) is 12.1. The third kappa shape index (κ3) is 17.0. The number of hydrogen-bond donors (Lipinski definition) is 5. The first kappa shape index (κ1) is 33.7. The highest BCUT2D eigenvalue weighted by Gasteiger charge is 2.22. The molecule has 0 aromatic carbocycles. The summed E-state index contributed by atoms with van der Waals surface area (Å²) in [5.41, 5.74) is 0. The predicted molar refractivity (Wildman–Crippen MR) is 132 cm³/mol. The lowest BCUT2D eigenvalue weighted by molar-refractivity contribution is -0.140. The average molecular weight is 487 g/mol. The highest BCUT2D eigenvalue weighted by molar-refractivity contribution is 6.37. The van der Waals surface area contributed by atoms with Crippen LogP contribution in [0.15, 0.2) is 0 Å². The fourth-order valence-corrected chi connectivity index (χ4v) is 2.93. The summed E-state index contributed by atoms with van der Waals surface area (Å²) in [6, 6.07) is 0.0671. The molecule has 5 N–H and O–H groups in total. The third-order valence-corrected chi connectivity index (χ3v) is 4.68. The first-order valence-electron chi connectivity index (χ1n) is 12.1. The van der Waals surface area contributed by atoms with Gasteiger partial charge in [0.05, 0.1) is 13.1 Å². The summed E-state index contributed by atoms with van der Waals surface area (Å²) in [4.78, 5) is 56.9. The molecular formula is C24H46N4O6. The van der Waals surface area contributed by atoms with Gasteiger partial charge in [-0.1, -0.05) is 40.5 Å². The van der Waals surface area contributed by atoms with Gasteiger partial charge in [-0.15, -0.1) is 0 Å². The normalized spacial score (nSPS) is 13.1. The second-order valence-corrected chi connectivity index (χ2v) is 9.11. The Hall–Kier alpha value is -2.49. The summed E-state index contributed by atoms with van der Waals surface area (Å²) in [6.07, 6.45) is 2.20. The Balaban J connectivity index is 0. The molecule has 0 fully saturated rings. The molecule has 0 aliphatic carbocycles. The van der Waals surface area contributed by atoms with Crippen LogP contribution in [-0.2, 0) is 24.0 Å². The van der Waals surface area contributed by atoms with E-state index in [0.29, 0.717) is 6.42 Å². The van der Waals surface area contributed by atoms with Gasteiger partial charge >= 0.3 is 0 Å². The van der Waals surface area contributed by atoms with Crippen LogP contribution in [0.2, 0.25) is 0 Å². The highest BCUT2D eigenvalue weighted by atomic mass is 16.3. The lowest BCUT2D eigenvalue weighted by atomic mass is 9.99. The van der Waals surface area contributed by atoms with Crippen LogP contribution in [0.3, 0.4) is 0 Å². The summed E-state index contributed by atoms with van der Waals surface area (Å²) >= 11 is 0. The van der Waals surface area contributed by atoms with E-state index in [1.807, 2.05) is 48.5 Å². The Kier molecular flexibility index (Phi) is 18.7. The highest BCUT2D eigenvalue weighted by Crippen LogP contribution is 2.10. The van der Waals surface area contributed by atoms with Crippen molar-refractivity contribution in [3.63, 3.8) is 0 Å². The van der Waals surface area contributed by atoms with Crippen LogP contribution in [0.5, 0.6) is 0 Å². The number of nitrogens with one attached hydrogen (secondary N) is 4. The summed E-state index contributed by atoms with van der Waals surface area (Å²) in [5, 5.41) is 19.7. The fraction of sp³-hybridized carbons (Fsp3) is 0.792. The number of ketones is 1. The molecule has 0 aliphatic rings. The molecule has 0 rings (SSSR count). The molecule has 0 spiro atoms. The molecule has 10 heteroatoms. The summed E-state index contributed by atoms with van der Waals surface area (Å²) in [5.74, 6) is -2.52. The lowest BCUT2D eigenvalue weighted by Crippen LogP contribution is -2.44. The summed E-state index contributed by atoms with van der Waals surface area (Å²) < 4.78 is 0.